The summed E-state index contributed by atoms with van der Waals surface area (Å²) in [5.74, 6) is -0.279. The molecule has 1 amide bonds. The molecule has 0 radical (unpaired) electrons. The molecule has 0 aliphatic carbocycles. The second-order valence-electron chi connectivity index (χ2n) is 4.97. The van der Waals surface area contributed by atoms with Crippen LogP contribution >= 0.6 is 34.4 Å². The van der Waals surface area contributed by atoms with E-state index in [1.807, 2.05) is 18.2 Å². The SMILES string of the molecule is O=C(CSc1nnc2ccc(C(F)(F)F)cn12)Nc1cccc(I)c1. The summed E-state index contributed by atoms with van der Waals surface area (Å²) in [4.78, 5) is 12.0. The van der Waals surface area contributed by atoms with E-state index in [0.29, 0.717) is 5.69 Å². The molecule has 0 saturated carbocycles. The van der Waals surface area contributed by atoms with Gasteiger partial charge in [-0.1, -0.05) is 17.8 Å². The predicted molar refractivity (Wildman–Crippen MR) is 96.5 cm³/mol. The standard InChI is InChI=1S/C15H10F3IN4OS/c16-15(17,18)9-4-5-12-21-22-14(23(12)7-9)25-8-13(24)20-11-3-1-2-10(19)6-11/h1-7H,8H2,(H,20,24). The van der Waals surface area contributed by atoms with Crippen molar-refractivity contribution in [2.75, 3.05) is 11.1 Å². The number of halogens is 4. The quantitative estimate of drug-likeness (QED) is 0.454. The highest BCUT2D eigenvalue weighted by Gasteiger charge is 2.31. The van der Waals surface area contributed by atoms with E-state index < -0.39 is 11.7 Å². The molecule has 130 valence electrons. The average Bonchev–Trinajstić information content (AvgIpc) is 2.94. The van der Waals surface area contributed by atoms with Crippen LogP contribution in [0.2, 0.25) is 0 Å². The van der Waals surface area contributed by atoms with E-state index in [-0.39, 0.29) is 22.5 Å². The number of fused-ring (bicyclic) bond motifs is 1. The Labute approximate surface area is 158 Å². The van der Waals surface area contributed by atoms with Crippen LogP contribution in [0.15, 0.2) is 47.8 Å². The number of alkyl halides is 3. The molecule has 0 aliphatic rings. The molecule has 0 saturated heterocycles. The largest absolute Gasteiger partial charge is 0.417 e. The molecule has 0 spiro atoms. The number of aromatic nitrogens is 3. The first-order valence-corrected chi connectivity index (χ1v) is 8.99. The summed E-state index contributed by atoms with van der Waals surface area (Å²) in [5.41, 5.74) is 0.140. The first-order chi connectivity index (χ1) is 11.8. The van der Waals surface area contributed by atoms with Crippen LogP contribution in [0.1, 0.15) is 5.56 Å². The lowest BCUT2D eigenvalue weighted by Gasteiger charge is -2.07. The Hall–Kier alpha value is -1.82. The Bertz CT molecular complexity index is 929. The molecule has 1 aromatic carbocycles. The summed E-state index contributed by atoms with van der Waals surface area (Å²) in [6.45, 7) is 0. The van der Waals surface area contributed by atoms with Gasteiger partial charge >= 0.3 is 6.18 Å². The molecule has 0 unspecified atom stereocenters. The Morgan fingerprint density at radius 2 is 2.04 bits per heavy atom. The highest BCUT2D eigenvalue weighted by atomic mass is 127. The zero-order valence-corrected chi connectivity index (χ0v) is 15.4. The monoisotopic (exact) mass is 478 g/mol. The summed E-state index contributed by atoms with van der Waals surface area (Å²) in [6, 6.07) is 9.47. The van der Waals surface area contributed by atoms with Crippen LogP contribution in [0, 0.1) is 3.57 Å². The maximum absolute atomic E-state index is 12.8. The van der Waals surface area contributed by atoms with Gasteiger partial charge in [0.2, 0.25) is 5.91 Å². The maximum atomic E-state index is 12.8. The minimum Gasteiger partial charge on any atom is -0.325 e. The lowest BCUT2D eigenvalue weighted by molar-refractivity contribution is -0.137. The maximum Gasteiger partial charge on any atom is 0.417 e. The topological polar surface area (TPSA) is 59.3 Å². The molecule has 2 aromatic heterocycles. The number of carbonyl (C=O) groups excluding carboxylic acids is 1. The predicted octanol–water partition coefficient (Wildman–Crippen LogP) is 4.08. The van der Waals surface area contributed by atoms with Crippen LogP contribution in [0.25, 0.3) is 5.65 Å². The van der Waals surface area contributed by atoms with Gasteiger partial charge in [-0.25, -0.2) is 0 Å². The third kappa shape index (κ3) is 4.42. The Balaban J connectivity index is 1.71. The van der Waals surface area contributed by atoms with Crippen molar-refractivity contribution in [3.63, 3.8) is 0 Å². The van der Waals surface area contributed by atoms with Crippen molar-refractivity contribution in [1.82, 2.24) is 14.6 Å². The van der Waals surface area contributed by atoms with E-state index in [9.17, 15) is 18.0 Å². The molecule has 0 aliphatic heterocycles. The van der Waals surface area contributed by atoms with Crippen LogP contribution < -0.4 is 5.32 Å². The lowest BCUT2D eigenvalue weighted by Crippen LogP contribution is -2.14. The smallest absolute Gasteiger partial charge is 0.325 e. The van der Waals surface area contributed by atoms with Crippen molar-refractivity contribution in [2.24, 2.45) is 0 Å². The Morgan fingerprint density at radius 3 is 2.76 bits per heavy atom. The first-order valence-electron chi connectivity index (χ1n) is 6.93. The van der Waals surface area contributed by atoms with Gasteiger partial charge in [0.15, 0.2) is 10.8 Å². The van der Waals surface area contributed by atoms with Gasteiger partial charge in [0, 0.05) is 15.5 Å². The fourth-order valence-corrected chi connectivity index (χ4v) is 3.29. The van der Waals surface area contributed by atoms with Crippen molar-refractivity contribution < 1.29 is 18.0 Å². The molecule has 25 heavy (non-hydrogen) atoms. The number of rotatable bonds is 4. The summed E-state index contributed by atoms with van der Waals surface area (Å²) >= 11 is 3.15. The van der Waals surface area contributed by atoms with E-state index >= 15 is 0 Å². The molecule has 0 bridgehead atoms. The summed E-state index contributed by atoms with van der Waals surface area (Å²) in [5, 5.41) is 10.6. The van der Waals surface area contributed by atoms with E-state index in [2.05, 4.69) is 38.1 Å². The highest BCUT2D eigenvalue weighted by molar-refractivity contribution is 14.1. The molecule has 0 fully saturated rings. The number of hydrogen-bond donors (Lipinski definition) is 1. The number of nitrogens with one attached hydrogen (secondary N) is 1. The lowest BCUT2D eigenvalue weighted by atomic mass is 10.3. The second kappa shape index (κ2) is 7.20. The summed E-state index contributed by atoms with van der Waals surface area (Å²) in [6.07, 6.45) is -3.53. The van der Waals surface area contributed by atoms with Crippen LogP contribution in [0.5, 0.6) is 0 Å². The molecule has 3 aromatic rings. The number of anilines is 1. The third-order valence-corrected chi connectivity index (χ3v) is 4.75. The molecule has 0 atom stereocenters. The molecule has 3 rings (SSSR count). The molecule has 1 N–H and O–H groups in total. The number of nitrogens with zero attached hydrogens (tertiary/aromatic N) is 3. The van der Waals surface area contributed by atoms with E-state index in [4.69, 9.17) is 0 Å². The van der Waals surface area contributed by atoms with Gasteiger partial charge in [0.1, 0.15) is 0 Å². The summed E-state index contributed by atoms with van der Waals surface area (Å²) in [7, 11) is 0. The molecular formula is C15H10F3IN4OS. The zero-order chi connectivity index (χ0) is 18.0. The van der Waals surface area contributed by atoms with Gasteiger partial charge in [-0.3, -0.25) is 9.20 Å². The third-order valence-electron chi connectivity index (χ3n) is 3.14. The van der Waals surface area contributed by atoms with E-state index in [1.165, 1.54) is 10.5 Å². The van der Waals surface area contributed by atoms with Crippen LogP contribution in [-0.2, 0) is 11.0 Å². The number of thioether (sulfide) groups is 1. The van der Waals surface area contributed by atoms with Crippen molar-refractivity contribution in [2.45, 2.75) is 11.3 Å². The van der Waals surface area contributed by atoms with Crippen LogP contribution in [0.4, 0.5) is 18.9 Å². The van der Waals surface area contributed by atoms with Gasteiger partial charge in [0.25, 0.3) is 0 Å². The van der Waals surface area contributed by atoms with E-state index in [0.717, 1.165) is 27.6 Å². The average molecular weight is 478 g/mol. The van der Waals surface area contributed by atoms with Crippen molar-refractivity contribution in [1.29, 1.82) is 0 Å². The fourth-order valence-electron chi connectivity index (χ4n) is 2.03. The van der Waals surface area contributed by atoms with Gasteiger partial charge in [0.05, 0.1) is 11.3 Å². The Morgan fingerprint density at radius 1 is 1.24 bits per heavy atom. The van der Waals surface area contributed by atoms with Gasteiger partial charge in [-0.2, -0.15) is 13.2 Å². The van der Waals surface area contributed by atoms with Crippen molar-refractivity contribution >= 4 is 51.6 Å². The van der Waals surface area contributed by atoms with Gasteiger partial charge in [-0.05, 0) is 52.9 Å². The van der Waals surface area contributed by atoms with Gasteiger partial charge < -0.3 is 5.32 Å². The first kappa shape index (κ1) is 18.0. The zero-order valence-electron chi connectivity index (χ0n) is 12.4. The van der Waals surface area contributed by atoms with Gasteiger partial charge in [-0.15, -0.1) is 10.2 Å². The highest BCUT2D eigenvalue weighted by Crippen LogP contribution is 2.30. The number of pyridine rings is 1. The number of benzene rings is 1. The number of amides is 1. The Kier molecular flexibility index (Phi) is 5.18. The molecule has 2 heterocycles. The molecular weight excluding hydrogens is 468 g/mol. The second-order valence-corrected chi connectivity index (χ2v) is 7.16. The van der Waals surface area contributed by atoms with Crippen molar-refractivity contribution in [3.8, 4) is 0 Å². The van der Waals surface area contributed by atoms with Crippen LogP contribution in [-0.4, -0.2) is 26.3 Å². The summed E-state index contributed by atoms with van der Waals surface area (Å²) < 4.78 is 40.7. The normalized spacial score (nSPS) is 11.7. The number of hydrogen-bond acceptors (Lipinski definition) is 4. The van der Waals surface area contributed by atoms with Crippen LogP contribution in [0.3, 0.4) is 0 Å². The number of carbonyl (C=O) groups is 1. The minimum absolute atomic E-state index is 0.00249. The van der Waals surface area contributed by atoms with E-state index in [1.54, 1.807) is 6.07 Å². The molecule has 5 nitrogen and oxygen atoms in total. The van der Waals surface area contributed by atoms with Crippen molar-refractivity contribution in [3.05, 3.63) is 51.7 Å². The minimum atomic E-state index is -4.46. The fraction of sp³-hybridized carbons (Fsp3) is 0.133. The molecule has 10 heteroatoms.